The fourth-order valence-corrected chi connectivity index (χ4v) is 5.86. The van der Waals surface area contributed by atoms with E-state index in [-0.39, 0.29) is 0 Å². The van der Waals surface area contributed by atoms with Crippen LogP contribution < -0.4 is 0 Å². The summed E-state index contributed by atoms with van der Waals surface area (Å²) < 4.78 is 2.21. The highest BCUT2D eigenvalue weighted by molar-refractivity contribution is 9.10. The topological polar surface area (TPSA) is 0 Å². The van der Waals surface area contributed by atoms with E-state index in [0.717, 1.165) is 21.8 Å². The third-order valence-electron chi connectivity index (χ3n) is 7.69. The second-order valence-electron chi connectivity index (χ2n) is 10.5. The molecule has 0 N–H and O–H groups in total. The molecule has 0 radical (unpaired) electrons. The highest BCUT2D eigenvalue weighted by Gasteiger charge is 2.14. The van der Waals surface area contributed by atoms with E-state index in [9.17, 15) is 0 Å². The third-order valence-corrected chi connectivity index (χ3v) is 8.74. The van der Waals surface area contributed by atoms with Gasteiger partial charge in [-0.25, -0.2) is 0 Å². The first kappa shape index (κ1) is 28.6. The van der Waals surface area contributed by atoms with Crippen molar-refractivity contribution in [2.75, 3.05) is 0 Å². The molecule has 0 amide bonds. The van der Waals surface area contributed by atoms with Crippen molar-refractivity contribution in [2.24, 2.45) is 0 Å². The second-order valence-corrected chi connectivity index (χ2v) is 12.4. The quantitative estimate of drug-likeness (QED) is 0.141. The van der Waals surface area contributed by atoms with Crippen LogP contribution >= 0.6 is 31.9 Å². The van der Waals surface area contributed by atoms with Crippen LogP contribution in [0, 0.1) is 0 Å². The average molecular weight is 653 g/mol. The monoisotopic (exact) mass is 650 g/mol. The van der Waals surface area contributed by atoms with Gasteiger partial charge in [0.25, 0.3) is 0 Å². The van der Waals surface area contributed by atoms with Gasteiger partial charge in [0.2, 0.25) is 0 Å². The highest BCUT2D eigenvalue weighted by atomic mass is 79.9. The van der Waals surface area contributed by atoms with Crippen molar-refractivity contribution >= 4 is 31.9 Å². The van der Waals surface area contributed by atoms with Crippen molar-refractivity contribution in [1.29, 1.82) is 0 Å². The van der Waals surface area contributed by atoms with E-state index in [2.05, 4.69) is 155 Å². The standard InChI is InChI=1S/C38H36Br2/c1-3-5-7-33-25-37(31-13-9-27(10-14-31)29-17-21-35(39)22-18-29)38(26-34(33)8-6-4-2)32-15-11-28(12-16-32)30-19-23-36(40)24-20-30/h9-26H,3-8H2,1-2H3. The summed E-state index contributed by atoms with van der Waals surface area (Å²) in [7, 11) is 0. The minimum Gasteiger partial charge on any atom is -0.0654 e. The zero-order valence-electron chi connectivity index (χ0n) is 23.4. The lowest BCUT2D eigenvalue weighted by molar-refractivity contribution is 0.758. The summed E-state index contributed by atoms with van der Waals surface area (Å²) in [6.07, 6.45) is 7.16. The van der Waals surface area contributed by atoms with E-state index in [0.29, 0.717) is 0 Å². The molecule has 0 saturated heterocycles. The Morgan fingerprint density at radius 3 is 0.975 bits per heavy atom. The van der Waals surface area contributed by atoms with Gasteiger partial charge in [0.1, 0.15) is 0 Å². The van der Waals surface area contributed by atoms with Gasteiger partial charge < -0.3 is 0 Å². The van der Waals surface area contributed by atoms with Crippen LogP contribution in [0.3, 0.4) is 0 Å². The van der Waals surface area contributed by atoms with Crippen molar-refractivity contribution in [3.05, 3.63) is 129 Å². The molecule has 0 nitrogen and oxygen atoms in total. The summed E-state index contributed by atoms with van der Waals surface area (Å²) in [5.41, 5.74) is 13.2. The van der Waals surface area contributed by atoms with Crippen LogP contribution in [-0.2, 0) is 12.8 Å². The summed E-state index contributed by atoms with van der Waals surface area (Å²) in [5, 5.41) is 0. The molecule has 2 heteroatoms. The number of benzene rings is 5. The molecule has 0 aliphatic carbocycles. The van der Waals surface area contributed by atoms with Crippen LogP contribution in [-0.4, -0.2) is 0 Å². The molecule has 0 atom stereocenters. The van der Waals surface area contributed by atoms with Gasteiger partial charge >= 0.3 is 0 Å². The minimum atomic E-state index is 1.10. The number of rotatable bonds is 10. The second kappa shape index (κ2) is 13.6. The van der Waals surface area contributed by atoms with Crippen LogP contribution in [0.1, 0.15) is 50.7 Å². The molecule has 5 aromatic carbocycles. The molecule has 0 aliphatic rings. The van der Waals surface area contributed by atoms with E-state index < -0.39 is 0 Å². The Kier molecular flexibility index (Phi) is 9.73. The van der Waals surface area contributed by atoms with Crippen LogP contribution in [0.5, 0.6) is 0 Å². The zero-order valence-corrected chi connectivity index (χ0v) is 26.6. The molecule has 0 bridgehead atoms. The molecule has 0 aliphatic heterocycles. The van der Waals surface area contributed by atoms with Crippen LogP contribution in [0.15, 0.2) is 118 Å². The van der Waals surface area contributed by atoms with Gasteiger partial charge in [0, 0.05) is 8.95 Å². The van der Waals surface area contributed by atoms with Crippen molar-refractivity contribution in [3.63, 3.8) is 0 Å². The van der Waals surface area contributed by atoms with E-state index in [1.165, 1.54) is 81.3 Å². The molecule has 202 valence electrons. The fourth-order valence-electron chi connectivity index (χ4n) is 5.34. The van der Waals surface area contributed by atoms with Gasteiger partial charge in [-0.1, -0.05) is 143 Å². The summed E-state index contributed by atoms with van der Waals surface area (Å²) >= 11 is 7.11. The number of hydrogen-bond donors (Lipinski definition) is 0. The molecule has 0 spiro atoms. The minimum absolute atomic E-state index is 1.10. The Hall–Kier alpha value is -2.94. The number of unbranched alkanes of at least 4 members (excludes halogenated alkanes) is 2. The van der Waals surface area contributed by atoms with Gasteiger partial charge in [-0.3, -0.25) is 0 Å². The highest BCUT2D eigenvalue weighted by Crippen LogP contribution is 2.38. The van der Waals surface area contributed by atoms with E-state index >= 15 is 0 Å². The average Bonchev–Trinajstić information content (AvgIpc) is 3.00. The molecule has 0 saturated carbocycles. The van der Waals surface area contributed by atoms with Crippen LogP contribution in [0.25, 0.3) is 44.5 Å². The zero-order chi connectivity index (χ0) is 27.9. The Labute approximate surface area is 256 Å². The number of hydrogen-bond acceptors (Lipinski definition) is 0. The molecule has 40 heavy (non-hydrogen) atoms. The van der Waals surface area contributed by atoms with Crippen molar-refractivity contribution in [1.82, 2.24) is 0 Å². The van der Waals surface area contributed by atoms with Crippen molar-refractivity contribution < 1.29 is 0 Å². The van der Waals surface area contributed by atoms with E-state index in [4.69, 9.17) is 0 Å². The van der Waals surface area contributed by atoms with Gasteiger partial charge in [-0.05, 0) is 106 Å². The summed E-state index contributed by atoms with van der Waals surface area (Å²) in [4.78, 5) is 0. The SMILES string of the molecule is CCCCc1cc(-c2ccc(-c3ccc(Br)cc3)cc2)c(-c2ccc(-c3ccc(Br)cc3)cc2)cc1CCCC. The first-order valence-electron chi connectivity index (χ1n) is 14.4. The first-order valence-corrected chi connectivity index (χ1v) is 16.0. The van der Waals surface area contributed by atoms with Gasteiger partial charge in [-0.15, -0.1) is 0 Å². The molecular formula is C38H36Br2. The predicted molar refractivity (Wildman–Crippen MR) is 181 cm³/mol. The Morgan fingerprint density at radius 1 is 0.400 bits per heavy atom. The van der Waals surface area contributed by atoms with Gasteiger partial charge in [0.15, 0.2) is 0 Å². The van der Waals surface area contributed by atoms with Crippen molar-refractivity contribution in [2.45, 2.75) is 52.4 Å². The molecule has 0 unspecified atom stereocenters. The van der Waals surface area contributed by atoms with E-state index in [1.54, 1.807) is 0 Å². The number of halogens is 2. The van der Waals surface area contributed by atoms with Crippen LogP contribution in [0.4, 0.5) is 0 Å². The third kappa shape index (κ3) is 6.85. The smallest absolute Gasteiger partial charge is 0.0175 e. The molecule has 0 fully saturated rings. The molecule has 5 rings (SSSR count). The van der Waals surface area contributed by atoms with Crippen LogP contribution in [0.2, 0.25) is 0 Å². The maximum atomic E-state index is 3.55. The largest absolute Gasteiger partial charge is 0.0654 e. The molecule has 0 heterocycles. The first-order chi connectivity index (χ1) is 19.6. The van der Waals surface area contributed by atoms with Gasteiger partial charge in [0.05, 0.1) is 0 Å². The lowest BCUT2D eigenvalue weighted by atomic mass is 9.86. The molecule has 5 aromatic rings. The number of aryl methyl sites for hydroxylation is 2. The Morgan fingerprint density at radius 2 is 0.675 bits per heavy atom. The van der Waals surface area contributed by atoms with Gasteiger partial charge in [-0.2, -0.15) is 0 Å². The lowest BCUT2D eigenvalue weighted by Crippen LogP contribution is -1.99. The summed E-state index contributed by atoms with van der Waals surface area (Å²) in [5.74, 6) is 0. The molecular weight excluding hydrogens is 616 g/mol. The predicted octanol–water partition coefficient (Wildman–Crippen LogP) is 12.6. The Balaban J connectivity index is 1.58. The Bertz CT molecular complexity index is 1410. The molecule has 0 aromatic heterocycles. The van der Waals surface area contributed by atoms with E-state index in [1.807, 2.05) is 0 Å². The normalized spacial score (nSPS) is 11.1. The van der Waals surface area contributed by atoms with Crippen molar-refractivity contribution in [3.8, 4) is 44.5 Å². The maximum Gasteiger partial charge on any atom is 0.0175 e. The fraction of sp³-hybridized carbons (Fsp3) is 0.211. The summed E-state index contributed by atoms with van der Waals surface area (Å²) in [6.45, 7) is 4.57. The lowest BCUT2D eigenvalue weighted by Gasteiger charge is -2.18. The maximum absolute atomic E-state index is 3.55. The summed E-state index contributed by atoms with van der Waals surface area (Å²) in [6, 6.07) is 40.3.